The molecular formula is C20H27N7O2. The van der Waals surface area contributed by atoms with Crippen LogP contribution in [0.15, 0.2) is 27.9 Å². The molecule has 4 rings (SSSR count). The van der Waals surface area contributed by atoms with E-state index in [9.17, 15) is 9.59 Å². The van der Waals surface area contributed by atoms with Crippen molar-refractivity contribution in [2.45, 2.75) is 51.6 Å². The van der Waals surface area contributed by atoms with Crippen molar-refractivity contribution in [1.82, 2.24) is 29.1 Å². The van der Waals surface area contributed by atoms with Gasteiger partial charge in [-0.05, 0) is 18.9 Å². The largest absolute Gasteiger partial charge is 0.337 e. The van der Waals surface area contributed by atoms with Gasteiger partial charge in [-0.1, -0.05) is 20.8 Å². The maximum absolute atomic E-state index is 12.8. The number of anilines is 1. The molecule has 1 unspecified atom stereocenters. The highest BCUT2D eigenvalue weighted by Crippen LogP contribution is 2.25. The molecule has 9 heteroatoms. The minimum absolute atomic E-state index is 0.0367. The second-order valence-corrected chi connectivity index (χ2v) is 8.79. The minimum atomic E-state index is -0.139. The molecule has 0 saturated carbocycles. The van der Waals surface area contributed by atoms with Crippen molar-refractivity contribution >= 4 is 17.0 Å². The highest BCUT2D eigenvalue weighted by molar-refractivity contribution is 5.74. The molecule has 3 aromatic rings. The van der Waals surface area contributed by atoms with Crippen LogP contribution in [0.5, 0.6) is 0 Å². The van der Waals surface area contributed by atoms with Gasteiger partial charge < -0.3 is 4.90 Å². The Bertz CT molecular complexity index is 1180. The van der Waals surface area contributed by atoms with Crippen LogP contribution in [0.3, 0.4) is 0 Å². The van der Waals surface area contributed by atoms with Gasteiger partial charge in [0.05, 0.1) is 18.3 Å². The Balaban J connectivity index is 1.71. The molecule has 154 valence electrons. The van der Waals surface area contributed by atoms with Crippen LogP contribution >= 0.6 is 0 Å². The van der Waals surface area contributed by atoms with Crippen molar-refractivity contribution in [1.29, 1.82) is 0 Å². The van der Waals surface area contributed by atoms with Gasteiger partial charge >= 0.3 is 0 Å². The zero-order valence-corrected chi connectivity index (χ0v) is 17.6. The van der Waals surface area contributed by atoms with E-state index in [4.69, 9.17) is 0 Å². The maximum Gasteiger partial charge on any atom is 0.266 e. The number of nitrogens with zero attached hydrogens (tertiary/aromatic N) is 7. The van der Waals surface area contributed by atoms with E-state index in [1.165, 1.54) is 0 Å². The van der Waals surface area contributed by atoms with E-state index in [-0.39, 0.29) is 22.6 Å². The standard InChI is InChI=1S/C20H27N7O2/c1-20(2,3)15-8-9-16(28)27(22-15)11-13-7-6-10-26(13)19-21-17-14(12-24(4)23-17)18(29)25(19)5/h8-9,12-13H,6-7,10-11H2,1-5H3. The van der Waals surface area contributed by atoms with Gasteiger partial charge in [-0.25, -0.2) is 4.68 Å². The predicted octanol–water partition coefficient (Wildman–Crippen LogP) is 1.19. The first-order chi connectivity index (χ1) is 13.6. The van der Waals surface area contributed by atoms with Crippen molar-refractivity contribution in [2.24, 2.45) is 14.1 Å². The Morgan fingerprint density at radius 2 is 1.90 bits per heavy atom. The third-order valence-electron chi connectivity index (χ3n) is 5.50. The SMILES string of the molecule is Cn1cc2c(=O)n(C)c(N3CCCC3Cn3nc(C(C)(C)C)ccc3=O)nc2n1. The molecule has 0 amide bonds. The monoisotopic (exact) mass is 397 g/mol. The molecule has 1 saturated heterocycles. The molecule has 0 aliphatic carbocycles. The van der Waals surface area contributed by atoms with E-state index in [0.717, 1.165) is 25.1 Å². The maximum atomic E-state index is 12.8. The zero-order valence-electron chi connectivity index (χ0n) is 17.6. The molecular weight excluding hydrogens is 370 g/mol. The van der Waals surface area contributed by atoms with Gasteiger partial charge in [-0.3, -0.25) is 18.8 Å². The van der Waals surface area contributed by atoms with E-state index < -0.39 is 0 Å². The number of fused-ring (bicyclic) bond motifs is 1. The normalized spacial score (nSPS) is 17.4. The fourth-order valence-electron chi connectivity index (χ4n) is 3.88. The Labute approximate surface area is 168 Å². The summed E-state index contributed by atoms with van der Waals surface area (Å²) in [5.41, 5.74) is 0.948. The lowest BCUT2D eigenvalue weighted by Crippen LogP contribution is -2.40. The van der Waals surface area contributed by atoms with Crippen LogP contribution in [0.1, 0.15) is 39.3 Å². The molecule has 1 atom stereocenters. The fraction of sp³-hybridized carbons (Fsp3) is 0.550. The third-order valence-corrected chi connectivity index (χ3v) is 5.50. The molecule has 29 heavy (non-hydrogen) atoms. The molecule has 0 spiro atoms. The summed E-state index contributed by atoms with van der Waals surface area (Å²) in [6, 6.07) is 3.42. The Kier molecular flexibility index (Phi) is 4.55. The molecule has 4 heterocycles. The third kappa shape index (κ3) is 3.45. The quantitative estimate of drug-likeness (QED) is 0.659. The first kappa shape index (κ1) is 19.4. The number of aryl methyl sites for hydroxylation is 1. The summed E-state index contributed by atoms with van der Waals surface area (Å²) in [5.74, 6) is 0.587. The van der Waals surface area contributed by atoms with Crippen LogP contribution < -0.4 is 16.0 Å². The van der Waals surface area contributed by atoms with Gasteiger partial charge in [-0.2, -0.15) is 15.2 Å². The van der Waals surface area contributed by atoms with E-state index in [0.29, 0.717) is 23.5 Å². The van der Waals surface area contributed by atoms with E-state index in [2.05, 4.69) is 40.9 Å². The van der Waals surface area contributed by atoms with Gasteiger partial charge in [0.2, 0.25) is 5.95 Å². The molecule has 0 bridgehead atoms. The minimum Gasteiger partial charge on any atom is -0.337 e. The summed E-state index contributed by atoms with van der Waals surface area (Å²) in [6.07, 6.45) is 3.57. The molecule has 3 aromatic heterocycles. The second kappa shape index (κ2) is 6.82. The number of rotatable bonds is 3. The molecule has 0 radical (unpaired) electrons. The fourth-order valence-corrected chi connectivity index (χ4v) is 3.88. The van der Waals surface area contributed by atoms with Gasteiger partial charge in [0.15, 0.2) is 5.65 Å². The van der Waals surface area contributed by atoms with Gasteiger partial charge in [0.1, 0.15) is 5.39 Å². The smallest absolute Gasteiger partial charge is 0.266 e. The molecule has 0 N–H and O–H groups in total. The predicted molar refractivity (Wildman–Crippen MR) is 111 cm³/mol. The lowest BCUT2D eigenvalue weighted by atomic mass is 9.92. The van der Waals surface area contributed by atoms with Crippen LogP contribution in [-0.4, -0.2) is 41.7 Å². The van der Waals surface area contributed by atoms with E-state index in [1.54, 1.807) is 46.4 Å². The second-order valence-electron chi connectivity index (χ2n) is 8.79. The van der Waals surface area contributed by atoms with Crippen LogP contribution in [0.4, 0.5) is 5.95 Å². The molecule has 1 fully saturated rings. The summed E-state index contributed by atoms with van der Waals surface area (Å²) in [5, 5.41) is 9.41. The summed E-state index contributed by atoms with van der Waals surface area (Å²) in [4.78, 5) is 32.0. The average Bonchev–Trinajstić information content (AvgIpc) is 3.25. The summed E-state index contributed by atoms with van der Waals surface area (Å²) in [7, 11) is 3.51. The van der Waals surface area contributed by atoms with Crippen molar-refractivity contribution in [3.63, 3.8) is 0 Å². The molecule has 1 aliphatic rings. The first-order valence-electron chi connectivity index (χ1n) is 9.91. The van der Waals surface area contributed by atoms with Crippen LogP contribution in [0, 0.1) is 0 Å². The lowest BCUT2D eigenvalue weighted by Gasteiger charge is -2.27. The summed E-state index contributed by atoms with van der Waals surface area (Å²) in [6.45, 7) is 7.46. The summed E-state index contributed by atoms with van der Waals surface area (Å²) < 4.78 is 4.72. The van der Waals surface area contributed by atoms with Crippen molar-refractivity contribution in [3.8, 4) is 0 Å². The van der Waals surface area contributed by atoms with Crippen molar-refractivity contribution in [3.05, 3.63) is 44.7 Å². The average molecular weight is 397 g/mol. The number of hydrogen-bond donors (Lipinski definition) is 0. The summed E-state index contributed by atoms with van der Waals surface area (Å²) >= 11 is 0. The molecule has 0 aromatic carbocycles. The van der Waals surface area contributed by atoms with Crippen LogP contribution in [0.25, 0.3) is 11.0 Å². The van der Waals surface area contributed by atoms with Crippen LogP contribution in [0.2, 0.25) is 0 Å². The Morgan fingerprint density at radius 1 is 1.14 bits per heavy atom. The Morgan fingerprint density at radius 3 is 2.62 bits per heavy atom. The van der Waals surface area contributed by atoms with E-state index >= 15 is 0 Å². The van der Waals surface area contributed by atoms with Crippen molar-refractivity contribution in [2.75, 3.05) is 11.4 Å². The zero-order chi connectivity index (χ0) is 20.9. The Hall–Kier alpha value is -2.97. The highest BCUT2D eigenvalue weighted by atomic mass is 16.1. The van der Waals surface area contributed by atoms with Crippen molar-refractivity contribution < 1.29 is 0 Å². The highest BCUT2D eigenvalue weighted by Gasteiger charge is 2.30. The first-order valence-corrected chi connectivity index (χ1v) is 9.91. The number of aromatic nitrogens is 6. The lowest BCUT2D eigenvalue weighted by molar-refractivity contribution is 0.453. The topological polar surface area (TPSA) is 90.8 Å². The van der Waals surface area contributed by atoms with Gasteiger partial charge in [-0.15, -0.1) is 0 Å². The van der Waals surface area contributed by atoms with E-state index in [1.807, 2.05) is 0 Å². The van der Waals surface area contributed by atoms with Gasteiger partial charge in [0, 0.05) is 38.3 Å². The number of hydrogen-bond acceptors (Lipinski definition) is 6. The molecule has 1 aliphatic heterocycles. The van der Waals surface area contributed by atoms with Crippen LogP contribution in [-0.2, 0) is 26.1 Å². The van der Waals surface area contributed by atoms with Gasteiger partial charge in [0.25, 0.3) is 11.1 Å². The molecule has 9 nitrogen and oxygen atoms in total.